The van der Waals surface area contributed by atoms with Gasteiger partial charge < -0.3 is 18.8 Å². The molecule has 0 spiro atoms. The molecule has 0 N–H and O–H groups in total. The molecule has 34 heavy (non-hydrogen) atoms. The highest BCUT2D eigenvalue weighted by atomic mass is 16.6. The van der Waals surface area contributed by atoms with Crippen molar-refractivity contribution >= 4 is 6.09 Å². The van der Waals surface area contributed by atoms with Crippen molar-refractivity contribution in [1.29, 1.82) is 0 Å². The Kier molecular flexibility index (Phi) is 7.88. The van der Waals surface area contributed by atoms with Crippen molar-refractivity contribution in [2.75, 3.05) is 26.3 Å². The number of oxazole rings is 1. The van der Waals surface area contributed by atoms with Gasteiger partial charge in [0.25, 0.3) is 0 Å². The van der Waals surface area contributed by atoms with Gasteiger partial charge in [-0.05, 0) is 61.9 Å². The van der Waals surface area contributed by atoms with Gasteiger partial charge in [0.1, 0.15) is 11.5 Å². The highest BCUT2D eigenvalue weighted by Crippen LogP contribution is 2.30. The van der Waals surface area contributed by atoms with E-state index in [2.05, 4.69) is 24.0 Å². The summed E-state index contributed by atoms with van der Waals surface area (Å²) >= 11 is 0. The molecular formula is C28H34N2O4. The van der Waals surface area contributed by atoms with E-state index < -0.39 is 0 Å². The number of ether oxygens (including phenoxy) is 2. The van der Waals surface area contributed by atoms with Crippen molar-refractivity contribution < 1.29 is 18.7 Å². The number of carbonyl (C=O) groups is 1. The van der Waals surface area contributed by atoms with Gasteiger partial charge in [-0.15, -0.1) is 0 Å². The quantitative estimate of drug-likeness (QED) is 0.394. The summed E-state index contributed by atoms with van der Waals surface area (Å²) in [4.78, 5) is 18.7. The van der Waals surface area contributed by atoms with E-state index in [1.54, 1.807) is 0 Å². The molecule has 0 radical (unpaired) electrons. The minimum absolute atomic E-state index is 0.195. The van der Waals surface area contributed by atoms with Gasteiger partial charge in [0.05, 0.1) is 18.9 Å². The molecular weight excluding hydrogens is 428 g/mol. The molecule has 1 fully saturated rings. The van der Waals surface area contributed by atoms with Crippen molar-refractivity contribution in [2.24, 2.45) is 11.8 Å². The Morgan fingerprint density at radius 1 is 1.09 bits per heavy atom. The molecule has 4 rings (SSSR count). The van der Waals surface area contributed by atoms with E-state index in [-0.39, 0.29) is 6.09 Å². The molecule has 0 unspecified atom stereocenters. The van der Waals surface area contributed by atoms with Gasteiger partial charge in [-0.1, -0.05) is 43.7 Å². The SMILES string of the molecule is CCOC(=O)N1C[C@H](CC)[C@@H](Cc2cccc(OCCc3nc(-c4ccccc4)oc3C)c2)C1. The van der Waals surface area contributed by atoms with Gasteiger partial charge in [-0.3, -0.25) is 0 Å². The van der Waals surface area contributed by atoms with Crippen molar-refractivity contribution in [1.82, 2.24) is 9.88 Å². The molecule has 0 saturated carbocycles. The van der Waals surface area contributed by atoms with E-state index in [0.717, 1.165) is 48.7 Å². The van der Waals surface area contributed by atoms with Crippen LogP contribution < -0.4 is 4.74 Å². The molecule has 2 atom stereocenters. The number of rotatable bonds is 9. The van der Waals surface area contributed by atoms with Crippen LogP contribution in [-0.4, -0.2) is 42.3 Å². The number of hydrogen-bond acceptors (Lipinski definition) is 5. The number of aryl methyl sites for hydroxylation is 1. The summed E-state index contributed by atoms with van der Waals surface area (Å²) in [5.41, 5.74) is 3.13. The molecule has 180 valence electrons. The van der Waals surface area contributed by atoms with E-state index in [9.17, 15) is 4.79 Å². The van der Waals surface area contributed by atoms with E-state index >= 15 is 0 Å². The zero-order valence-corrected chi connectivity index (χ0v) is 20.3. The van der Waals surface area contributed by atoms with Gasteiger partial charge in [0, 0.05) is 25.1 Å². The minimum Gasteiger partial charge on any atom is -0.493 e. The first-order valence-corrected chi connectivity index (χ1v) is 12.2. The number of carbonyl (C=O) groups excluding carboxylic acids is 1. The molecule has 3 aromatic rings. The fourth-order valence-corrected chi connectivity index (χ4v) is 4.69. The lowest BCUT2D eigenvalue weighted by molar-refractivity contribution is 0.113. The Balaban J connectivity index is 1.33. The fraction of sp³-hybridized carbons (Fsp3) is 0.429. The third-order valence-corrected chi connectivity index (χ3v) is 6.54. The average molecular weight is 463 g/mol. The third-order valence-electron chi connectivity index (χ3n) is 6.54. The Morgan fingerprint density at radius 2 is 1.88 bits per heavy atom. The second kappa shape index (κ2) is 11.2. The second-order valence-electron chi connectivity index (χ2n) is 8.87. The standard InChI is InChI=1S/C28H34N2O4/c1-4-22-18-30(28(31)32-5-2)19-24(22)16-21-10-9-13-25(17-21)33-15-14-26-20(3)34-27(29-26)23-11-7-6-8-12-23/h6-13,17,22,24H,4-5,14-16,18-19H2,1-3H3/t22-,24-/m0/s1. The number of hydrogen-bond donors (Lipinski definition) is 0. The largest absolute Gasteiger partial charge is 0.493 e. The van der Waals surface area contributed by atoms with Crippen molar-refractivity contribution in [3.05, 3.63) is 71.6 Å². The van der Waals surface area contributed by atoms with Crippen molar-refractivity contribution in [3.63, 3.8) is 0 Å². The summed E-state index contributed by atoms with van der Waals surface area (Å²) in [6.45, 7) is 8.46. The predicted molar refractivity (Wildman–Crippen MR) is 132 cm³/mol. The van der Waals surface area contributed by atoms with Crippen LogP contribution >= 0.6 is 0 Å². The zero-order chi connectivity index (χ0) is 23.9. The lowest BCUT2D eigenvalue weighted by Gasteiger charge is -2.17. The maximum Gasteiger partial charge on any atom is 0.409 e. The molecule has 1 aliphatic rings. The van der Waals surface area contributed by atoms with Gasteiger partial charge in [0.2, 0.25) is 5.89 Å². The molecule has 1 aromatic heterocycles. The van der Waals surface area contributed by atoms with Gasteiger partial charge in [-0.25, -0.2) is 9.78 Å². The first-order chi connectivity index (χ1) is 16.6. The summed E-state index contributed by atoms with van der Waals surface area (Å²) in [7, 11) is 0. The van der Waals surface area contributed by atoms with E-state index in [4.69, 9.17) is 13.9 Å². The van der Waals surface area contributed by atoms with Crippen molar-refractivity contribution in [3.8, 4) is 17.2 Å². The molecule has 6 nitrogen and oxygen atoms in total. The Bertz CT molecular complexity index is 1080. The van der Waals surface area contributed by atoms with Crippen LogP contribution in [0.4, 0.5) is 4.79 Å². The third kappa shape index (κ3) is 5.79. The number of nitrogens with zero attached hydrogens (tertiary/aromatic N) is 2. The van der Waals surface area contributed by atoms with Gasteiger partial charge >= 0.3 is 6.09 Å². The number of aromatic nitrogens is 1. The Morgan fingerprint density at radius 3 is 2.65 bits per heavy atom. The van der Waals surface area contributed by atoms with Gasteiger partial charge in [0.15, 0.2) is 0 Å². The maximum atomic E-state index is 12.2. The normalized spacial score (nSPS) is 17.7. The van der Waals surface area contributed by atoms with Crippen LogP contribution in [0.1, 0.15) is 37.3 Å². The predicted octanol–water partition coefficient (Wildman–Crippen LogP) is 5.93. The van der Waals surface area contributed by atoms with Gasteiger partial charge in [-0.2, -0.15) is 0 Å². The summed E-state index contributed by atoms with van der Waals surface area (Å²) in [6.07, 6.45) is 2.47. The molecule has 2 aromatic carbocycles. The average Bonchev–Trinajstić information content (AvgIpc) is 3.43. The summed E-state index contributed by atoms with van der Waals surface area (Å²) in [5, 5.41) is 0. The van der Waals surface area contributed by atoms with E-state index in [0.29, 0.717) is 37.4 Å². The summed E-state index contributed by atoms with van der Waals surface area (Å²) < 4.78 is 17.1. The first-order valence-electron chi connectivity index (χ1n) is 12.2. The Hall–Kier alpha value is -3.28. The molecule has 0 bridgehead atoms. The smallest absolute Gasteiger partial charge is 0.409 e. The molecule has 1 amide bonds. The molecule has 1 saturated heterocycles. The van der Waals surface area contributed by atoms with Crippen LogP contribution in [0.5, 0.6) is 5.75 Å². The van der Waals surface area contributed by atoms with Crippen LogP contribution in [-0.2, 0) is 17.6 Å². The van der Waals surface area contributed by atoms with E-state index in [1.807, 2.05) is 61.2 Å². The first kappa shape index (κ1) is 23.9. The maximum absolute atomic E-state index is 12.2. The van der Waals surface area contributed by atoms with Crippen LogP contribution in [0.2, 0.25) is 0 Å². The molecule has 1 aliphatic heterocycles. The van der Waals surface area contributed by atoms with E-state index in [1.165, 1.54) is 5.56 Å². The number of likely N-dealkylation sites (tertiary alicyclic amines) is 1. The molecule has 2 heterocycles. The number of benzene rings is 2. The fourth-order valence-electron chi connectivity index (χ4n) is 4.69. The highest BCUT2D eigenvalue weighted by molar-refractivity contribution is 5.68. The molecule has 0 aliphatic carbocycles. The van der Waals surface area contributed by atoms with Crippen LogP contribution in [0.3, 0.4) is 0 Å². The lowest BCUT2D eigenvalue weighted by atomic mass is 9.88. The van der Waals surface area contributed by atoms with Crippen LogP contribution in [0, 0.1) is 18.8 Å². The summed E-state index contributed by atoms with van der Waals surface area (Å²) in [5.74, 6) is 3.25. The number of amides is 1. The summed E-state index contributed by atoms with van der Waals surface area (Å²) in [6, 6.07) is 18.2. The lowest BCUT2D eigenvalue weighted by Crippen LogP contribution is -2.29. The minimum atomic E-state index is -0.195. The van der Waals surface area contributed by atoms with Crippen LogP contribution in [0.25, 0.3) is 11.5 Å². The second-order valence-corrected chi connectivity index (χ2v) is 8.87. The topological polar surface area (TPSA) is 64.8 Å². The zero-order valence-electron chi connectivity index (χ0n) is 20.3. The Labute approximate surface area is 201 Å². The highest BCUT2D eigenvalue weighted by Gasteiger charge is 2.34. The van der Waals surface area contributed by atoms with Crippen LogP contribution in [0.15, 0.2) is 59.0 Å². The monoisotopic (exact) mass is 462 g/mol. The molecule has 6 heteroatoms. The van der Waals surface area contributed by atoms with Crippen molar-refractivity contribution in [2.45, 2.75) is 40.0 Å².